The van der Waals surface area contributed by atoms with Crippen LogP contribution in [0.25, 0.3) is 10.9 Å². The standard InChI is InChI=1S/C13H10ClNO4/c1-5-8(14)4-3-7-10(13(18)19)9(6(2)16)12(17)15-11(5)7/h3-4H,1-2H3,(H,15,17)(H,18,19). The number of benzene rings is 1. The normalized spacial score (nSPS) is 10.7. The van der Waals surface area contributed by atoms with Gasteiger partial charge in [-0.2, -0.15) is 0 Å². The average Bonchev–Trinajstić information content (AvgIpc) is 2.32. The quantitative estimate of drug-likeness (QED) is 0.826. The highest BCUT2D eigenvalue weighted by Crippen LogP contribution is 2.26. The first-order valence-corrected chi connectivity index (χ1v) is 5.81. The monoisotopic (exact) mass is 279 g/mol. The molecule has 2 rings (SSSR count). The molecule has 19 heavy (non-hydrogen) atoms. The van der Waals surface area contributed by atoms with E-state index in [1.807, 2.05) is 0 Å². The van der Waals surface area contributed by atoms with E-state index in [2.05, 4.69) is 4.98 Å². The Bertz CT molecular complexity index is 776. The molecule has 0 radical (unpaired) electrons. The number of hydrogen-bond donors (Lipinski definition) is 2. The number of fused-ring (bicyclic) bond motifs is 1. The Morgan fingerprint density at radius 3 is 2.42 bits per heavy atom. The van der Waals surface area contributed by atoms with Crippen LogP contribution in [0.3, 0.4) is 0 Å². The molecule has 0 saturated heterocycles. The third-order valence-electron chi connectivity index (χ3n) is 2.95. The number of aromatic nitrogens is 1. The first kappa shape index (κ1) is 13.3. The largest absolute Gasteiger partial charge is 0.478 e. The van der Waals surface area contributed by atoms with Crippen LogP contribution in [0, 0.1) is 6.92 Å². The van der Waals surface area contributed by atoms with E-state index >= 15 is 0 Å². The molecule has 6 heteroatoms. The fourth-order valence-electron chi connectivity index (χ4n) is 2.04. The number of pyridine rings is 1. The van der Waals surface area contributed by atoms with E-state index in [0.29, 0.717) is 21.5 Å². The van der Waals surface area contributed by atoms with Crippen LogP contribution < -0.4 is 5.56 Å². The molecular weight excluding hydrogens is 270 g/mol. The fourth-order valence-corrected chi connectivity index (χ4v) is 2.20. The van der Waals surface area contributed by atoms with Gasteiger partial charge in [-0.15, -0.1) is 0 Å². The van der Waals surface area contributed by atoms with Crippen molar-refractivity contribution in [2.24, 2.45) is 0 Å². The van der Waals surface area contributed by atoms with Gasteiger partial charge in [0.25, 0.3) is 5.56 Å². The summed E-state index contributed by atoms with van der Waals surface area (Å²) in [6.07, 6.45) is 0. The van der Waals surface area contributed by atoms with E-state index in [0.717, 1.165) is 6.92 Å². The number of carboxylic acid groups (broad SMARTS) is 1. The minimum absolute atomic E-state index is 0.286. The number of hydrogen-bond acceptors (Lipinski definition) is 3. The van der Waals surface area contributed by atoms with E-state index < -0.39 is 17.3 Å². The lowest BCUT2D eigenvalue weighted by Gasteiger charge is -2.09. The molecule has 0 fully saturated rings. The third kappa shape index (κ3) is 2.02. The van der Waals surface area contributed by atoms with Crippen molar-refractivity contribution in [1.29, 1.82) is 0 Å². The molecule has 0 atom stereocenters. The molecule has 98 valence electrons. The molecule has 0 spiro atoms. The second-order valence-corrected chi connectivity index (χ2v) is 4.57. The maximum absolute atomic E-state index is 11.9. The Morgan fingerprint density at radius 2 is 1.89 bits per heavy atom. The number of rotatable bonds is 2. The van der Waals surface area contributed by atoms with E-state index in [9.17, 15) is 19.5 Å². The van der Waals surface area contributed by atoms with Crippen LogP contribution in [0.5, 0.6) is 0 Å². The zero-order valence-electron chi connectivity index (χ0n) is 10.2. The summed E-state index contributed by atoms with van der Waals surface area (Å²) in [5, 5.41) is 9.96. The molecule has 1 aromatic carbocycles. The van der Waals surface area contributed by atoms with Crippen LogP contribution in [0.4, 0.5) is 0 Å². The topological polar surface area (TPSA) is 87.2 Å². The minimum Gasteiger partial charge on any atom is -0.478 e. The van der Waals surface area contributed by atoms with Crippen LogP contribution in [0.1, 0.15) is 33.2 Å². The molecule has 2 N–H and O–H groups in total. The van der Waals surface area contributed by atoms with Gasteiger partial charge in [0.15, 0.2) is 5.78 Å². The van der Waals surface area contributed by atoms with Gasteiger partial charge in [0.05, 0.1) is 16.6 Å². The summed E-state index contributed by atoms with van der Waals surface area (Å²) in [4.78, 5) is 37.2. The molecular formula is C13H10ClNO4. The van der Waals surface area contributed by atoms with E-state index in [1.54, 1.807) is 6.92 Å². The number of carbonyl (C=O) groups is 2. The molecule has 0 bridgehead atoms. The molecule has 0 aliphatic rings. The molecule has 1 heterocycles. The Balaban J connectivity index is 3.10. The predicted octanol–water partition coefficient (Wildman–Crippen LogP) is 2.39. The van der Waals surface area contributed by atoms with Crippen molar-refractivity contribution < 1.29 is 14.7 Å². The Kier molecular flexibility index (Phi) is 3.16. The van der Waals surface area contributed by atoms with Crippen molar-refractivity contribution in [3.05, 3.63) is 44.2 Å². The number of H-pyrrole nitrogens is 1. The zero-order chi connectivity index (χ0) is 14.3. The molecule has 5 nitrogen and oxygen atoms in total. The lowest BCUT2D eigenvalue weighted by atomic mass is 9.99. The highest BCUT2D eigenvalue weighted by molar-refractivity contribution is 6.32. The molecule has 2 aromatic rings. The zero-order valence-corrected chi connectivity index (χ0v) is 11.0. The number of carboxylic acids is 1. The van der Waals surface area contributed by atoms with Gasteiger partial charge in [0.1, 0.15) is 0 Å². The van der Waals surface area contributed by atoms with Crippen molar-refractivity contribution in [1.82, 2.24) is 4.98 Å². The molecule has 0 aliphatic carbocycles. The summed E-state index contributed by atoms with van der Waals surface area (Å²) >= 11 is 5.94. The molecule has 0 amide bonds. The van der Waals surface area contributed by atoms with Crippen LogP contribution in [0.2, 0.25) is 5.02 Å². The number of aromatic carboxylic acids is 1. The van der Waals surface area contributed by atoms with Gasteiger partial charge in [0, 0.05) is 10.4 Å². The van der Waals surface area contributed by atoms with Crippen LogP contribution >= 0.6 is 11.6 Å². The maximum atomic E-state index is 11.9. The van der Waals surface area contributed by atoms with E-state index in [1.165, 1.54) is 12.1 Å². The first-order chi connectivity index (χ1) is 8.84. The van der Waals surface area contributed by atoms with Crippen LogP contribution in [0.15, 0.2) is 16.9 Å². The molecule has 1 aromatic heterocycles. The lowest BCUT2D eigenvalue weighted by molar-refractivity contribution is 0.0694. The fraction of sp³-hybridized carbons (Fsp3) is 0.154. The van der Waals surface area contributed by atoms with Crippen molar-refractivity contribution >= 4 is 34.3 Å². The summed E-state index contributed by atoms with van der Waals surface area (Å²) in [5.41, 5.74) is -0.454. The maximum Gasteiger partial charge on any atom is 0.337 e. The number of Topliss-reactive ketones (excluding diaryl/α,β-unsaturated/α-hetero) is 1. The van der Waals surface area contributed by atoms with E-state index in [4.69, 9.17) is 11.6 Å². The van der Waals surface area contributed by atoms with Crippen molar-refractivity contribution in [2.75, 3.05) is 0 Å². The van der Waals surface area contributed by atoms with Crippen LogP contribution in [-0.2, 0) is 0 Å². The number of ketones is 1. The average molecular weight is 280 g/mol. The van der Waals surface area contributed by atoms with Gasteiger partial charge in [-0.1, -0.05) is 17.7 Å². The van der Waals surface area contributed by atoms with Gasteiger partial charge in [-0.05, 0) is 25.5 Å². The summed E-state index contributed by atoms with van der Waals surface area (Å²) in [6, 6.07) is 3.02. The third-order valence-corrected chi connectivity index (χ3v) is 3.36. The summed E-state index contributed by atoms with van der Waals surface area (Å²) in [7, 11) is 0. The van der Waals surface area contributed by atoms with Gasteiger partial charge in [-0.25, -0.2) is 4.79 Å². The van der Waals surface area contributed by atoms with Gasteiger partial charge in [0.2, 0.25) is 0 Å². The van der Waals surface area contributed by atoms with Crippen molar-refractivity contribution in [2.45, 2.75) is 13.8 Å². The highest BCUT2D eigenvalue weighted by Gasteiger charge is 2.22. The van der Waals surface area contributed by atoms with Gasteiger partial charge >= 0.3 is 5.97 Å². The van der Waals surface area contributed by atoms with Crippen molar-refractivity contribution in [3.8, 4) is 0 Å². The Hall–Kier alpha value is -2.14. The smallest absolute Gasteiger partial charge is 0.337 e. The number of carbonyl (C=O) groups excluding carboxylic acids is 1. The predicted molar refractivity (Wildman–Crippen MR) is 71.3 cm³/mol. The highest BCUT2D eigenvalue weighted by atomic mass is 35.5. The number of aromatic amines is 1. The summed E-state index contributed by atoms with van der Waals surface area (Å²) in [6.45, 7) is 2.82. The summed E-state index contributed by atoms with van der Waals surface area (Å²) in [5.74, 6) is -1.91. The second kappa shape index (κ2) is 4.51. The number of halogens is 1. The van der Waals surface area contributed by atoms with Gasteiger partial charge in [-0.3, -0.25) is 9.59 Å². The minimum atomic E-state index is -1.32. The van der Waals surface area contributed by atoms with Crippen LogP contribution in [-0.4, -0.2) is 21.8 Å². The van der Waals surface area contributed by atoms with Gasteiger partial charge < -0.3 is 10.1 Å². The van der Waals surface area contributed by atoms with E-state index in [-0.39, 0.29) is 11.1 Å². The molecule has 0 unspecified atom stereocenters. The lowest BCUT2D eigenvalue weighted by Crippen LogP contribution is -2.22. The number of aryl methyl sites for hydroxylation is 1. The molecule has 0 aliphatic heterocycles. The summed E-state index contributed by atoms with van der Waals surface area (Å²) < 4.78 is 0. The Labute approximate surface area is 112 Å². The molecule has 0 saturated carbocycles. The number of nitrogens with one attached hydrogen (secondary N) is 1. The Morgan fingerprint density at radius 1 is 1.26 bits per heavy atom. The second-order valence-electron chi connectivity index (χ2n) is 4.16. The first-order valence-electron chi connectivity index (χ1n) is 5.44. The SMILES string of the molecule is CC(=O)c1c(C(=O)O)c2ccc(Cl)c(C)c2[nH]c1=O. The van der Waals surface area contributed by atoms with Crippen molar-refractivity contribution in [3.63, 3.8) is 0 Å².